The number of fused-ring (bicyclic) bond motifs is 1. The molecule has 0 aromatic rings. The zero-order chi connectivity index (χ0) is 11.0. The van der Waals surface area contributed by atoms with Crippen LogP contribution in [-0.4, -0.2) is 52.3 Å². The van der Waals surface area contributed by atoms with Gasteiger partial charge in [-0.3, -0.25) is 4.21 Å². The standard InChI is InChI=1S/C7H11NO6S/c1-15(11)5-3-13-6-4(14-8(9)10)2-12-7(5)6/h4-7H,2-3H2,1H3/t4-,5?,6-,7-,15?/m1/s1. The topological polar surface area (TPSA) is 87.9 Å². The molecule has 2 saturated heterocycles. The Morgan fingerprint density at radius 1 is 1.40 bits per heavy atom. The first-order chi connectivity index (χ1) is 7.09. The molecule has 2 heterocycles. The van der Waals surface area contributed by atoms with Crippen molar-refractivity contribution in [2.24, 2.45) is 0 Å². The van der Waals surface area contributed by atoms with E-state index in [2.05, 4.69) is 4.84 Å². The van der Waals surface area contributed by atoms with E-state index >= 15 is 0 Å². The van der Waals surface area contributed by atoms with Crippen molar-refractivity contribution in [3.63, 3.8) is 0 Å². The molecule has 5 atom stereocenters. The van der Waals surface area contributed by atoms with Crippen molar-refractivity contribution in [3.8, 4) is 0 Å². The zero-order valence-electron chi connectivity index (χ0n) is 8.03. The minimum Gasteiger partial charge on any atom is -0.372 e. The van der Waals surface area contributed by atoms with Gasteiger partial charge in [-0.05, 0) is 0 Å². The molecule has 0 saturated carbocycles. The molecule has 2 aliphatic rings. The van der Waals surface area contributed by atoms with Crippen LogP contribution in [0.15, 0.2) is 0 Å². The van der Waals surface area contributed by atoms with Crippen molar-refractivity contribution in [2.75, 3.05) is 19.5 Å². The Bertz CT molecular complexity index is 297. The van der Waals surface area contributed by atoms with E-state index in [4.69, 9.17) is 9.47 Å². The van der Waals surface area contributed by atoms with Crippen molar-refractivity contribution >= 4 is 10.8 Å². The highest BCUT2D eigenvalue weighted by Gasteiger charge is 2.50. The summed E-state index contributed by atoms with van der Waals surface area (Å²) in [6, 6.07) is 0. The lowest BCUT2D eigenvalue weighted by molar-refractivity contribution is -0.769. The van der Waals surface area contributed by atoms with Gasteiger partial charge in [0.05, 0.1) is 18.5 Å². The molecule has 15 heavy (non-hydrogen) atoms. The van der Waals surface area contributed by atoms with E-state index in [0.717, 1.165) is 0 Å². The summed E-state index contributed by atoms with van der Waals surface area (Å²) in [5.41, 5.74) is 0. The van der Waals surface area contributed by atoms with Crippen molar-refractivity contribution < 1.29 is 23.6 Å². The second-order valence-corrected chi connectivity index (χ2v) is 5.10. The average molecular weight is 237 g/mol. The summed E-state index contributed by atoms with van der Waals surface area (Å²) in [5, 5.41) is 9.11. The zero-order valence-corrected chi connectivity index (χ0v) is 8.85. The fourth-order valence-electron chi connectivity index (χ4n) is 1.91. The highest BCUT2D eigenvalue weighted by atomic mass is 32.2. The lowest BCUT2D eigenvalue weighted by Gasteiger charge is -2.13. The molecule has 0 N–H and O–H groups in total. The van der Waals surface area contributed by atoms with E-state index in [0.29, 0.717) is 6.61 Å². The van der Waals surface area contributed by atoms with Crippen molar-refractivity contribution in [1.82, 2.24) is 0 Å². The third-order valence-electron chi connectivity index (χ3n) is 2.61. The Hall–Kier alpha value is -0.730. The number of hydrogen-bond donors (Lipinski definition) is 0. The van der Waals surface area contributed by atoms with Crippen molar-refractivity contribution in [1.29, 1.82) is 0 Å². The largest absolute Gasteiger partial charge is 0.372 e. The SMILES string of the molecule is CS(=O)C1CO[C@H]2[C@@H]1OC[C@H]2O[N+](=O)[O-]. The minimum atomic E-state index is -1.05. The van der Waals surface area contributed by atoms with Crippen molar-refractivity contribution in [3.05, 3.63) is 10.1 Å². The Morgan fingerprint density at radius 2 is 2.07 bits per heavy atom. The van der Waals surface area contributed by atoms with Gasteiger partial charge in [0, 0.05) is 17.1 Å². The van der Waals surface area contributed by atoms with E-state index < -0.39 is 28.1 Å². The van der Waals surface area contributed by atoms with Gasteiger partial charge in [-0.2, -0.15) is 0 Å². The lowest BCUT2D eigenvalue weighted by Crippen LogP contribution is -2.35. The van der Waals surface area contributed by atoms with Gasteiger partial charge in [0.25, 0.3) is 5.09 Å². The van der Waals surface area contributed by atoms with E-state index in [-0.39, 0.29) is 18.0 Å². The van der Waals surface area contributed by atoms with Crippen LogP contribution in [0.3, 0.4) is 0 Å². The predicted octanol–water partition coefficient (Wildman–Crippen LogP) is -0.892. The Kier molecular flexibility index (Phi) is 2.89. The van der Waals surface area contributed by atoms with Crippen LogP contribution >= 0.6 is 0 Å². The first kappa shape index (κ1) is 10.8. The normalized spacial score (nSPS) is 41.1. The molecule has 2 aliphatic heterocycles. The van der Waals surface area contributed by atoms with E-state index in [1.165, 1.54) is 0 Å². The van der Waals surface area contributed by atoms with Crippen molar-refractivity contribution in [2.45, 2.75) is 23.6 Å². The van der Waals surface area contributed by atoms with Gasteiger partial charge in [0.1, 0.15) is 12.2 Å². The number of ether oxygens (including phenoxy) is 2. The third kappa shape index (κ3) is 1.97. The van der Waals surface area contributed by atoms with Gasteiger partial charge < -0.3 is 14.3 Å². The predicted molar refractivity (Wildman–Crippen MR) is 49.2 cm³/mol. The minimum absolute atomic E-state index is 0.115. The average Bonchev–Trinajstić information content (AvgIpc) is 2.66. The van der Waals surface area contributed by atoms with E-state index in [9.17, 15) is 14.3 Å². The Labute approximate surface area is 88.2 Å². The fraction of sp³-hybridized carbons (Fsp3) is 1.00. The molecule has 0 spiro atoms. The third-order valence-corrected chi connectivity index (χ3v) is 3.87. The van der Waals surface area contributed by atoms with Crippen LogP contribution in [0.4, 0.5) is 0 Å². The second-order valence-electron chi connectivity index (χ2n) is 3.50. The van der Waals surface area contributed by atoms with E-state index in [1.807, 2.05) is 0 Å². The van der Waals surface area contributed by atoms with Gasteiger partial charge >= 0.3 is 0 Å². The molecule has 0 bridgehead atoms. The molecule has 2 unspecified atom stereocenters. The van der Waals surface area contributed by atoms with E-state index in [1.54, 1.807) is 6.26 Å². The summed E-state index contributed by atoms with van der Waals surface area (Å²) in [6.45, 7) is 0.417. The summed E-state index contributed by atoms with van der Waals surface area (Å²) in [4.78, 5) is 14.6. The first-order valence-corrected chi connectivity index (χ1v) is 6.08. The van der Waals surface area contributed by atoms with Crippen LogP contribution < -0.4 is 0 Å². The Balaban J connectivity index is 2.02. The maximum Gasteiger partial charge on any atom is 0.294 e. The van der Waals surface area contributed by atoms with Crippen LogP contribution in [0.5, 0.6) is 0 Å². The van der Waals surface area contributed by atoms with Crippen LogP contribution in [0, 0.1) is 10.1 Å². The highest BCUT2D eigenvalue weighted by Crippen LogP contribution is 2.30. The highest BCUT2D eigenvalue weighted by molar-refractivity contribution is 7.85. The van der Waals surface area contributed by atoms with Crippen LogP contribution in [0.25, 0.3) is 0 Å². The molecular formula is C7H11NO6S. The van der Waals surface area contributed by atoms with Gasteiger partial charge in [-0.25, -0.2) is 0 Å². The summed E-state index contributed by atoms with van der Waals surface area (Å²) in [6.07, 6.45) is 0.0604. The summed E-state index contributed by atoms with van der Waals surface area (Å²) in [7, 11) is -1.05. The summed E-state index contributed by atoms with van der Waals surface area (Å²) < 4.78 is 21.9. The molecule has 2 fully saturated rings. The quantitative estimate of drug-likeness (QED) is 0.467. The number of nitrogens with zero attached hydrogens (tertiary/aromatic N) is 1. The fourth-order valence-corrected chi connectivity index (χ4v) is 2.80. The molecule has 0 aliphatic carbocycles. The molecule has 86 valence electrons. The maximum atomic E-state index is 11.3. The maximum absolute atomic E-state index is 11.3. The molecule has 0 radical (unpaired) electrons. The second kappa shape index (κ2) is 4.03. The summed E-state index contributed by atoms with van der Waals surface area (Å²) >= 11 is 0. The molecule has 2 rings (SSSR count). The summed E-state index contributed by atoms with van der Waals surface area (Å²) in [5.74, 6) is 0. The van der Waals surface area contributed by atoms with Gasteiger partial charge in [-0.1, -0.05) is 0 Å². The number of hydrogen-bond acceptors (Lipinski definition) is 6. The molecule has 8 heteroatoms. The molecule has 0 amide bonds. The smallest absolute Gasteiger partial charge is 0.294 e. The molecule has 0 aromatic heterocycles. The van der Waals surface area contributed by atoms with Gasteiger partial charge in [-0.15, -0.1) is 10.1 Å². The lowest BCUT2D eigenvalue weighted by atomic mass is 10.1. The van der Waals surface area contributed by atoms with Gasteiger partial charge in [0.2, 0.25) is 0 Å². The Morgan fingerprint density at radius 3 is 2.67 bits per heavy atom. The molecular weight excluding hydrogens is 226 g/mol. The molecule has 7 nitrogen and oxygen atoms in total. The monoisotopic (exact) mass is 237 g/mol. The first-order valence-electron chi connectivity index (χ1n) is 4.46. The molecule has 0 aromatic carbocycles. The van der Waals surface area contributed by atoms with Gasteiger partial charge in [0.15, 0.2) is 6.10 Å². The van der Waals surface area contributed by atoms with Crippen LogP contribution in [0.2, 0.25) is 0 Å². The van der Waals surface area contributed by atoms with Crippen LogP contribution in [-0.2, 0) is 25.1 Å². The number of rotatable bonds is 3. The van der Waals surface area contributed by atoms with Crippen LogP contribution in [0.1, 0.15) is 0 Å².